The summed E-state index contributed by atoms with van der Waals surface area (Å²) >= 11 is 0. The SMILES string of the molecule is CCCCCc1c(O)ccc2c1C(=O)c1ccccc1C2O. The van der Waals surface area contributed by atoms with Crippen molar-refractivity contribution in [1.29, 1.82) is 0 Å². The van der Waals surface area contributed by atoms with Crippen LogP contribution < -0.4 is 0 Å². The van der Waals surface area contributed by atoms with E-state index in [-0.39, 0.29) is 11.5 Å². The molecule has 0 radical (unpaired) electrons. The van der Waals surface area contributed by atoms with Crippen molar-refractivity contribution < 1.29 is 15.0 Å². The molecular formula is C19H20O3. The summed E-state index contributed by atoms with van der Waals surface area (Å²) in [4.78, 5) is 12.8. The summed E-state index contributed by atoms with van der Waals surface area (Å²) in [5, 5.41) is 20.8. The number of hydrogen-bond donors (Lipinski definition) is 2. The average molecular weight is 296 g/mol. The first-order valence-electron chi connectivity index (χ1n) is 7.81. The summed E-state index contributed by atoms with van der Waals surface area (Å²) in [5.41, 5.74) is 2.94. The summed E-state index contributed by atoms with van der Waals surface area (Å²) in [7, 11) is 0. The van der Waals surface area contributed by atoms with E-state index in [2.05, 4.69) is 6.92 Å². The summed E-state index contributed by atoms with van der Waals surface area (Å²) in [5.74, 6) is 0.0492. The molecule has 0 saturated heterocycles. The highest BCUT2D eigenvalue weighted by atomic mass is 16.3. The fraction of sp³-hybridized carbons (Fsp3) is 0.316. The maximum absolute atomic E-state index is 12.8. The van der Waals surface area contributed by atoms with Gasteiger partial charge in [-0.25, -0.2) is 0 Å². The summed E-state index contributed by atoms with van der Waals surface area (Å²) in [6, 6.07) is 10.4. The van der Waals surface area contributed by atoms with Crippen LogP contribution in [0.25, 0.3) is 0 Å². The smallest absolute Gasteiger partial charge is 0.194 e. The largest absolute Gasteiger partial charge is 0.508 e. The molecule has 22 heavy (non-hydrogen) atoms. The number of unbranched alkanes of at least 4 members (excludes halogenated alkanes) is 2. The van der Waals surface area contributed by atoms with Crippen LogP contribution in [0.3, 0.4) is 0 Å². The summed E-state index contributed by atoms with van der Waals surface area (Å²) < 4.78 is 0. The summed E-state index contributed by atoms with van der Waals surface area (Å²) in [6.07, 6.45) is 2.90. The van der Waals surface area contributed by atoms with E-state index in [1.54, 1.807) is 30.3 Å². The predicted molar refractivity (Wildman–Crippen MR) is 85.3 cm³/mol. The van der Waals surface area contributed by atoms with Crippen LogP contribution in [0.15, 0.2) is 36.4 Å². The third kappa shape index (κ3) is 2.32. The molecule has 2 N–H and O–H groups in total. The Bertz CT molecular complexity index is 719. The van der Waals surface area contributed by atoms with Gasteiger partial charge in [-0.2, -0.15) is 0 Å². The van der Waals surface area contributed by atoms with Crippen LogP contribution in [0, 0.1) is 0 Å². The van der Waals surface area contributed by atoms with Crippen LogP contribution in [0.2, 0.25) is 0 Å². The third-order valence-electron chi connectivity index (χ3n) is 4.37. The average Bonchev–Trinajstić information content (AvgIpc) is 2.54. The maximum atomic E-state index is 12.8. The van der Waals surface area contributed by atoms with Crippen LogP contribution in [0.1, 0.15) is 64.9 Å². The normalized spacial score (nSPS) is 16.3. The van der Waals surface area contributed by atoms with Crippen molar-refractivity contribution in [2.75, 3.05) is 0 Å². The van der Waals surface area contributed by atoms with Gasteiger partial charge in [0.25, 0.3) is 0 Å². The molecule has 1 atom stereocenters. The van der Waals surface area contributed by atoms with E-state index in [9.17, 15) is 15.0 Å². The molecule has 114 valence electrons. The molecule has 0 aromatic heterocycles. The molecule has 0 aliphatic heterocycles. The van der Waals surface area contributed by atoms with Crippen LogP contribution in [0.4, 0.5) is 0 Å². The van der Waals surface area contributed by atoms with E-state index < -0.39 is 6.10 Å². The van der Waals surface area contributed by atoms with Crippen LogP contribution in [-0.4, -0.2) is 16.0 Å². The number of aromatic hydroxyl groups is 1. The molecule has 1 unspecified atom stereocenters. The van der Waals surface area contributed by atoms with Gasteiger partial charge in [-0.1, -0.05) is 50.1 Å². The second kappa shape index (κ2) is 5.93. The van der Waals surface area contributed by atoms with E-state index >= 15 is 0 Å². The molecule has 3 heteroatoms. The van der Waals surface area contributed by atoms with Crippen LogP contribution in [-0.2, 0) is 6.42 Å². The van der Waals surface area contributed by atoms with Gasteiger partial charge in [-0.15, -0.1) is 0 Å². The number of aliphatic hydroxyl groups is 1. The number of carbonyl (C=O) groups excluding carboxylic acids is 1. The van der Waals surface area contributed by atoms with Crippen LogP contribution in [0.5, 0.6) is 5.75 Å². The molecule has 3 rings (SSSR count). The first-order valence-corrected chi connectivity index (χ1v) is 7.81. The molecule has 1 aliphatic rings. The lowest BCUT2D eigenvalue weighted by Crippen LogP contribution is -2.21. The Hall–Kier alpha value is -2.13. The van der Waals surface area contributed by atoms with Crippen molar-refractivity contribution in [1.82, 2.24) is 0 Å². The third-order valence-corrected chi connectivity index (χ3v) is 4.37. The van der Waals surface area contributed by atoms with Crippen molar-refractivity contribution in [3.05, 3.63) is 64.2 Å². The highest BCUT2D eigenvalue weighted by molar-refractivity contribution is 6.13. The Morgan fingerprint density at radius 3 is 2.59 bits per heavy atom. The number of rotatable bonds is 4. The first kappa shape index (κ1) is 14.8. The molecule has 3 nitrogen and oxygen atoms in total. The molecule has 0 saturated carbocycles. The second-order valence-corrected chi connectivity index (χ2v) is 5.80. The number of phenolic OH excluding ortho intramolecular Hbond substituents is 1. The van der Waals surface area contributed by atoms with Gasteiger partial charge in [-0.3, -0.25) is 4.79 Å². The van der Waals surface area contributed by atoms with E-state index in [1.807, 2.05) is 6.07 Å². The number of hydrogen-bond acceptors (Lipinski definition) is 3. The number of benzene rings is 2. The second-order valence-electron chi connectivity index (χ2n) is 5.80. The minimum atomic E-state index is -0.811. The zero-order valence-electron chi connectivity index (χ0n) is 12.7. The van der Waals surface area contributed by atoms with Gasteiger partial charge in [0.15, 0.2) is 5.78 Å². The van der Waals surface area contributed by atoms with Gasteiger partial charge in [0.1, 0.15) is 11.9 Å². The molecule has 0 spiro atoms. The molecule has 0 heterocycles. The number of carbonyl (C=O) groups is 1. The monoisotopic (exact) mass is 296 g/mol. The highest BCUT2D eigenvalue weighted by Gasteiger charge is 2.32. The predicted octanol–water partition coefficient (Wildman–Crippen LogP) is 3.75. The van der Waals surface area contributed by atoms with Gasteiger partial charge in [0.2, 0.25) is 0 Å². The Balaban J connectivity index is 2.11. The Morgan fingerprint density at radius 2 is 1.82 bits per heavy atom. The van der Waals surface area contributed by atoms with Gasteiger partial charge < -0.3 is 10.2 Å². The molecule has 0 bridgehead atoms. The van der Waals surface area contributed by atoms with E-state index in [4.69, 9.17) is 0 Å². The molecule has 1 aliphatic carbocycles. The molecule has 2 aromatic carbocycles. The minimum Gasteiger partial charge on any atom is -0.508 e. The first-order chi connectivity index (χ1) is 10.6. The lowest BCUT2D eigenvalue weighted by Gasteiger charge is -2.26. The maximum Gasteiger partial charge on any atom is 0.194 e. The van der Waals surface area contributed by atoms with E-state index in [1.165, 1.54) is 0 Å². The number of ketones is 1. The molecule has 2 aromatic rings. The van der Waals surface area contributed by atoms with Crippen molar-refractivity contribution in [3.63, 3.8) is 0 Å². The van der Waals surface area contributed by atoms with Crippen molar-refractivity contribution in [2.24, 2.45) is 0 Å². The molecule has 0 amide bonds. The van der Waals surface area contributed by atoms with Gasteiger partial charge in [-0.05, 0) is 30.0 Å². The molecular weight excluding hydrogens is 276 g/mol. The van der Waals surface area contributed by atoms with Crippen molar-refractivity contribution in [2.45, 2.75) is 38.7 Å². The van der Waals surface area contributed by atoms with E-state index in [0.717, 1.165) is 19.3 Å². The van der Waals surface area contributed by atoms with Crippen molar-refractivity contribution >= 4 is 5.78 Å². The van der Waals surface area contributed by atoms with E-state index in [0.29, 0.717) is 34.2 Å². The van der Waals surface area contributed by atoms with Gasteiger partial charge in [0.05, 0.1) is 0 Å². The lowest BCUT2D eigenvalue weighted by molar-refractivity contribution is 0.101. The van der Waals surface area contributed by atoms with Crippen molar-refractivity contribution in [3.8, 4) is 5.75 Å². The topological polar surface area (TPSA) is 57.5 Å². The zero-order valence-corrected chi connectivity index (χ0v) is 12.7. The minimum absolute atomic E-state index is 0.0988. The Kier molecular flexibility index (Phi) is 3.99. The Morgan fingerprint density at radius 1 is 1.05 bits per heavy atom. The zero-order chi connectivity index (χ0) is 15.7. The Labute approximate surface area is 130 Å². The fourth-order valence-electron chi connectivity index (χ4n) is 3.20. The quantitative estimate of drug-likeness (QED) is 0.845. The van der Waals surface area contributed by atoms with Crippen LogP contribution >= 0.6 is 0 Å². The summed E-state index contributed by atoms with van der Waals surface area (Å²) in [6.45, 7) is 2.12. The van der Waals surface area contributed by atoms with Gasteiger partial charge >= 0.3 is 0 Å². The molecule has 0 fully saturated rings. The lowest BCUT2D eigenvalue weighted by atomic mass is 9.80. The number of phenols is 1. The number of fused-ring (bicyclic) bond motifs is 2. The highest BCUT2D eigenvalue weighted by Crippen LogP contribution is 2.39. The van der Waals surface area contributed by atoms with Gasteiger partial charge in [0, 0.05) is 16.7 Å². The number of aliphatic hydroxyl groups excluding tert-OH is 1. The fourth-order valence-corrected chi connectivity index (χ4v) is 3.20. The standard InChI is InChI=1S/C19H20O3/c1-2-3-4-9-14-16(20)11-10-15-17(14)19(22)13-8-6-5-7-12(13)18(15)21/h5-8,10-11,18,20-21H,2-4,9H2,1H3.